The molecule has 0 unspecified atom stereocenters. The molecule has 0 rings (SSSR count). The summed E-state index contributed by atoms with van der Waals surface area (Å²) in [4.78, 5) is 10.4. The Morgan fingerprint density at radius 2 is 1.64 bits per heavy atom. The van der Waals surface area contributed by atoms with Gasteiger partial charge in [0.15, 0.2) is 0 Å². The highest BCUT2D eigenvalue weighted by molar-refractivity contribution is 6.54. The summed E-state index contributed by atoms with van der Waals surface area (Å²) >= 11 is 0. The maximum absolute atomic E-state index is 10.4. The first-order valence-electron chi connectivity index (χ1n) is 3.61. The van der Waals surface area contributed by atoms with Gasteiger partial charge >= 0.3 is 5.97 Å². The van der Waals surface area contributed by atoms with Crippen molar-refractivity contribution >= 4 is 37.4 Å². The van der Waals surface area contributed by atoms with E-state index >= 15 is 0 Å². The van der Waals surface area contributed by atoms with Gasteiger partial charge in [0.25, 0.3) is 0 Å². The van der Waals surface area contributed by atoms with Gasteiger partial charge in [-0.05, 0) is 5.40 Å². The van der Waals surface area contributed by atoms with Crippen molar-refractivity contribution in [3.05, 3.63) is 0 Å². The summed E-state index contributed by atoms with van der Waals surface area (Å²) in [6, 6.07) is 0. The highest BCUT2D eigenvalue weighted by atomic mass is 16.4. The molecule has 0 saturated carbocycles. The third kappa shape index (κ3) is 3.06. The molecule has 11 heavy (non-hydrogen) atoms. The molecule has 0 aromatic rings. The highest BCUT2D eigenvalue weighted by Gasteiger charge is 2.36. The Morgan fingerprint density at radius 1 is 1.27 bits per heavy atom. The van der Waals surface area contributed by atoms with E-state index in [9.17, 15) is 9.90 Å². The highest BCUT2D eigenvalue weighted by Crippen LogP contribution is 2.30. The number of carboxylic acid groups (broad SMARTS) is 1. The van der Waals surface area contributed by atoms with Crippen LogP contribution in [0.15, 0.2) is 0 Å². The Labute approximate surface area is 70.2 Å². The van der Waals surface area contributed by atoms with Crippen LogP contribution in [0.25, 0.3) is 0 Å². The molecule has 0 spiro atoms. The SMILES string of the molecule is BC(B)(O)C(B)(B)CC(=O)O. The van der Waals surface area contributed by atoms with Crippen molar-refractivity contribution in [2.24, 2.45) is 0 Å². The Kier molecular flexibility index (Phi) is 2.89. The van der Waals surface area contributed by atoms with Gasteiger partial charge in [-0.1, -0.05) is 5.21 Å². The molecule has 0 radical (unpaired) electrons. The van der Waals surface area contributed by atoms with Crippen LogP contribution >= 0.6 is 0 Å². The predicted molar refractivity (Wildman–Crippen MR) is 54.1 cm³/mol. The van der Waals surface area contributed by atoms with E-state index in [-0.39, 0.29) is 6.42 Å². The van der Waals surface area contributed by atoms with Crippen LogP contribution in [-0.2, 0) is 4.79 Å². The molecule has 58 valence electrons. The third-order valence-electron chi connectivity index (χ3n) is 2.25. The van der Waals surface area contributed by atoms with Gasteiger partial charge in [0, 0.05) is 6.42 Å². The summed E-state index contributed by atoms with van der Waals surface area (Å²) < 4.78 is 0. The molecular formula is C4H12B4O3. The van der Waals surface area contributed by atoms with Crippen molar-refractivity contribution in [2.45, 2.75) is 17.0 Å². The Hall–Kier alpha value is -0.310. The summed E-state index contributed by atoms with van der Waals surface area (Å²) in [5.41, 5.74) is 0. The van der Waals surface area contributed by atoms with Gasteiger partial charge in [0.2, 0.25) is 0 Å². The minimum Gasteiger partial charge on any atom is -0.481 e. The van der Waals surface area contributed by atoms with Crippen molar-refractivity contribution in [2.75, 3.05) is 0 Å². The fourth-order valence-electron chi connectivity index (χ4n) is 0.594. The molecular weight excluding hydrogens is 139 g/mol. The van der Waals surface area contributed by atoms with Crippen molar-refractivity contribution < 1.29 is 15.0 Å². The Bertz CT molecular complexity index is 161. The second kappa shape index (κ2) is 2.97. The maximum Gasteiger partial charge on any atom is 0.302 e. The smallest absolute Gasteiger partial charge is 0.302 e. The molecule has 0 bridgehead atoms. The number of aliphatic hydroxyl groups is 1. The zero-order valence-corrected chi connectivity index (χ0v) is 7.51. The summed E-state index contributed by atoms with van der Waals surface area (Å²) in [5, 5.41) is 16.5. The molecule has 2 N–H and O–H groups in total. The van der Waals surface area contributed by atoms with Crippen LogP contribution in [0, 0.1) is 0 Å². The number of rotatable bonds is 3. The van der Waals surface area contributed by atoms with Gasteiger partial charge in [-0.25, -0.2) is 0 Å². The van der Waals surface area contributed by atoms with E-state index in [2.05, 4.69) is 0 Å². The topological polar surface area (TPSA) is 57.5 Å². The van der Waals surface area contributed by atoms with E-state index < -0.39 is 16.6 Å². The normalized spacial score (nSPS) is 12.8. The lowest BCUT2D eigenvalue weighted by Crippen LogP contribution is -2.46. The van der Waals surface area contributed by atoms with Crippen molar-refractivity contribution in [1.29, 1.82) is 0 Å². The Morgan fingerprint density at radius 3 is 1.73 bits per heavy atom. The molecule has 0 heterocycles. The number of hydrogen-bond acceptors (Lipinski definition) is 2. The number of carboxylic acids is 1. The third-order valence-corrected chi connectivity index (χ3v) is 2.25. The maximum atomic E-state index is 10.4. The molecule has 0 aliphatic heterocycles. The fraction of sp³-hybridized carbons (Fsp3) is 0.750. The van der Waals surface area contributed by atoms with Crippen LogP contribution in [0.2, 0.25) is 5.21 Å². The second-order valence-corrected chi connectivity index (χ2v) is 4.01. The van der Waals surface area contributed by atoms with E-state index in [1.807, 2.05) is 0 Å². The lowest BCUT2D eigenvalue weighted by atomic mass is 9.34. The van der Waals surface area contributed by atoms with Crippen molar-refractivity contribution in [3.63, 3.8) is 0 Å². The van der Waals surface area contributed by atoms with E-state index in [1.165, 1.54) is 0 Å². The molecule has 3 nitrogen and oxygen atoms in total. The molecule has 0 fully saturated rings. The van der Waals surface area contributed by atoms with Gasteiger partial charge in [-0.3, -0.25) is 4.79 Å². The van der Waals surface area contributed by atoms with Gasteiger partial charge in [0.1, 0.15) is 31.4 Å². The van der Waals surface area contributed by atoms with Gasteiger partial charge in [-0.2, -0.15) is 0 Å². The molecule has 0 aromatic carbocycles. The first-order chi connectivity index (χ1) is 4.67. The standard InChI is InChI=1S/C4H12B4O3/c5-3(6,1-2(9)10)4(7,8)11/h11H,1,5-8H2,(H,9,10). The lowest BCUT2D eigenvalue weighted by Gasteiger charge is -2.36. The molecule has 0 aliphatic carbocycles. The van der Waals surface area contributed by atoms with Gasteiger partial charge in [-0.15, -0.1) is 0 Å². The average molecular weight is 151 g/mol. The molecule has 0 aromatic heterocycles. The fourth-order valence-corrected chi connectivity index (χ4v) is 0.594. The lowest BCUT2D eigenvalue weighted by molar-refractivity contribution is -0.137. The first kappa shape index (κ1) is 10.7. The molecule has 0 atom stereocenters. The minimum absolute atomic E-state index is 0.0174. The van der Waals surface area contributed by atoms with E-state index in [0.717, 1.165) is 0 Å². The quantitative estimate of drug-likeness (QED) is 0.402. The molecule has 0 amide bonds. The van der Waals surface area contributed by atoms with E-state index in [4.69, 9.17) is 5.11 Å². The summed E-state index contributed by atoms with van der Waals surface area (Å²) in [7, 11) is 6.72. The molecule has 7 heteroatoms. The van der Waals surface area contributed by atoms with Gasteiger partial charge < -0.3 is 10.2 Å². The predicted octanol–water partition coefficient (Wildman–Crippen LogP) is -4.24. The monoisotopic (exact) mass is 152 g/mol. The van der Waals surface area contributed by atoms with Gasteiger partial charge in [0.05, 0.1) is 0 Å². The zero-order valence-electron chi connectivity index (χ0n) is 7.51. The minimum atomic E-state index is -0.953. The summed E-state index contributed by atoms with van der Waals surface area (Å²) in [5.74, 6) is -0.878. The van der Waals surface area contributed by atoms with Crippen LogP contribution < -0.4 is 0 Å². The van der Waals surface area contributed by atoms with Crippen LogP contribution in [0.1, 0.15) is 6.42 Å². The van der Waals surface area contributed by atoms with Crippen LogP contribution in [0.4, 0.5) is 0 Å². The molecule has 0 saturated heterocycles. The van der Waals surface area contributed by atoms with Crippen LogP contribution in [-0.4, -0.2) is 53.0 Å². The van der Waals surface area contributed by atoms with E-state index in [0.29, 0.717) is 0 Å². The number of aliphatic carboxylic acids is 1. The van der Waals surface area contributed by atoms with Crippen LogP contribution in [0.3, 0.4) is 0 Å². The summed E-state index contributed by atoms with van der Waals surface area (Å²) in [6.07, 6.45) is -0.0174. The van der Waals surface area contributed by atoms with Crippen molar-refractivity contribution in [1.82, 2.24) is 0 Å². The average Bonchev–Trinajstić information content (AvgIpc) is 1.56. The largest absolute Gasteiger partial charge is 0.481 e. The second-order valence-electron chi connectivity index (χ2n) is 4.01. The van der Waals surface area contributed by atoms with Crippen LogP contribution in [0.5, 0.6) is 0 Å². The first-order valence-corrected chi connectivity index (χ1v) is 3.61. The Balaban J connectivity index is 4.34. The summed E-state index contributed by atoms with van der Waals surface area (Å²) in [6.45, 7) is 0. The number of carbonyl (C=O) groups is 1. The van der Waals surface area contributed by atoms with Crippen molar-refractivity contribution in [3.8, 4) is 0 Å². The van der Waals surface area contributed by atoms with E-state index in [1.54, 1.807) is 31.4 Å². The number of hydrogen-bond donors (Lipinski definition) is 2. The zero-order chi connectivity index (χ0) is 9.28. The molecule has 0 aliphatic rings.